The summed E-state index contributed by atoms with van der Waals surface area (Å²) >= 11 is 2.59. The summed E-state index contributed by atoms with van der Waals surface area (Å²) in [6, 6.07) is 10.3. The summed E-state index contributed by atoms with van der Waals surface area (Å²) in [5, 5.41) is 16.6. The molecule has 3 rings (SSSR count). The van der Waals surface area contributed by atoms with Crippen molar-refractivity contribution < 1.29 is 14.3 Å². The fraction of sp³-hybridized carbons (Fsp3) is 0.263. The maximum atomic E-state index is 12.7. The van der Waals surface area contributed by atoms with Crippen molar-refractivity contribution in [3.8, 4) is 16.3 Å². The second kappa shape index (κ2) is 8.94. The van der Waals surface area contributed by atoms with Crippen molar-refractivity contribution in [1.82, 2.24) is 15.5 Å². The highest BCUT2D eigenvalue weighted by Gasteiger charge is 2.26. The molecule has 0 saturated carbocycles. The van der Waals surface area contributed by atoms with E-state index in [4.69, 9.17) is 4.74 Å². The number of rotatable bonds is 7. The summed E-state index contributed by atoms with van der Waals surface area (Å²) in [6.45, 7) is 3.75. The molecule has 3 aromatic rings. The average molecular weight is 417 g/mol. The first-order valence-electron chi connectivity index (χ1n) is 8.61. The number of carbonyl (C=O) groups excluding carboxylic acids is 2. The summed E-state index contributed by atoms with van der Waals surface area (Å²) < 4.78 is 5.22. The van der Waals surface area contributed by atoms with Crippen molar-refractivity contribution >= 4 is 39.6 Å². The van der Waals surface area contributed by atoms with Gasteiger partial charge in [0.1, 0.15) is 16.8 Å². The molecule has 0 saturated heterocycles. The third kappa shape index (κ3) is 4.73. The molecule has 2 heterocycles. The summed E-state index contributed by atoms with van der Waals surface area (Å²) in [5.41, 5.74) is 0.851. The number of methoxy groups -OCH3 is 1. The lowest BCUT2D eigenvalue weighted by atomic mass is 10.0. The number of hydrogen-bond donors (Lipinski definition) is 2. The van der Waals surface area contributed by atoms with Crippen molar-refractivity contribution in [1.29, 1.82) is 0 Å². The number of nitrogens with one attached hydrogen (secondary N) is 2. The molecular formula is C19H20N4O3S2. The highest BCUT2D eigenvalue weighted by Crippen LogP contribution is 2.29. The van der Waals surface area contributed by atoms with Gasteiger partial charge in [-0.05, 0) is 29.5 Å². The van der Waals surface area contributed by atoms with Gasteiger partial charge in [0, 0.05) is 5.56 Å². The molecule has 2 aromatic heterocycles. The number of aromatic nitrogens is 2. The van der Waals surface area contributed by atoms with Crippen LogP contribution in [-0.2, 0) is 4.79 Å². The normalized spacial score (nSPS) is 11.9. The molecule has 1 unspecified atom stereocenters. The molecule has 1 aromatic carbocycles. The number of nitrogens with zero attached hydrogens (tertiary/aromatic N) is 2. The third-order valence-electron chi connectivity index (χ3n) is 3.95. The predicted octanol–water partition coefficient (Wildman–Crippen LogP) is 3.67. The second-order valence-electron chi connectivity index (χ2n) is 6.31. The lowest BCUT2D eigenvalue weighted by molar-refractivity contribution is -0.118. The lowest BCUT2D eigenvalue weighted by Gasteiger charge is -2.20. The maximum absolute atomic E-state index is 12.7. The monoisotopic (exact) mass is 416 g/mol. The van der Waals surface area contributed by atoms with Crippen LogP contribution in [-0.4, -0.2) is 35.2 Å². The number of benzene rings is 1. The zero-order chi connectivity index (χ0) is 20.1. The smallest absolute Gasteiger partial charge is 0.262 e. The molecule has 2 N–H and O–H groups in total. The molecule has 1 atom stereocenters. The Labute approximate surface area is 170 Å². The van der Waals surface area contributed by atoms with E-state index in [1.54, 1.807) is 19.2 Å². The van der Waals surface area contributed by atoms with Gasteiger partial charge in [-0.3, -0.25) is 14.9 Å². The Bertz CT molecular complexity index is 954. The van der Waals surface area contributed by atoms with Crippen molar-refractivity contribution in [3.63, 3.8) is 0 Å². The fourth-order valence-corrected chi connectivity index (χ4v) is 3.85. The van der Waals surface area contributed by atoms with Crippen LogP contribution in [0, 0.1) is 5.92 Å². The van der Waals surface area contributed by atoms with E-state index >= 15 is 0 Å². The Kier molecular flexibility index (Phi) is 6.37. The van der Waals surface area contributed by atoms with Crippen LogP contribution >= 0.6 is 22.7 Å². The van der Waals surface area contributed by atoms with Gasteiger partial charge < -0.3 is 10.1 Å². The van der Waals surface area contributed by atoms with E-state index < -0.39 is 6.04 Å². The van der Waals surface area contributed by atoms with Gasteiger partial charge in [-0.15, -0.1) is 21.5 Å². The van der Waals surface area contributed by atoms with Gasteiger partial charge in [-0.2, -0.15) is 0 Å². The first kappa shape index (κ1) is 20.0. The van der Waals surface area contributed by atoms with Crippen LogP contribution < -0.4 is 15.4 Å². The van der Waals surface area contributed by atoms with Gasteiger partial charge in [0.25, 0.3) is 5.91 Å². The van der Waals surface area contributed by atoms with Gasteiger partial charge in [-0.25, -0.2) is 0 Å². The fourth-order valence-electron chi connectivity index (χ4n) is 2.48. The van der Waals surface area contributed by atoms with Crippen LogP contribution in [0.4, 0.5) is 5.13 Å². The van der Waals surface area contributed by atoms with E-state index in [0.29, 0.717) is 15.0 Å². The molecule has 2 amide bonds. The van der Waals surface area contributed by atoms with E-state index in [0.717, 1.165) is 11.3 Å². The molecule has 0 aliphatic carbocycles. The molecular weight excluding hydrogens is 396 g/mol. The summed E-state index contributed by atoms with van der Waals surface area (Å²) in [4.78, 5) is 25.6. The number of hydrogen-bond acceptors (Lipinski definition) is 7. The molecule has 0 spiro atoms. The standard InChI is InChI=1S/C19H20N4O3S2/c1-11(2)15(20-16(24)14-8-5-9-27-14)17(25)21-19-23-22-18(28-19)12-6-4-7-13(10-12)26-3/h4-11,15H,1-3H3,(H,20,24)(H,21,23,25). The van der Waals surface area contributed by atoms with Crippen molar-refractivity contribution in [3.05, 3.63) is 46.7 Å². The SMILES string of the molecule is COc1cccc(-c2nnc(NC(=O)C(NC(=O)c3cccs3)C(C)C)s2)c1. The highest BCUT2D eigenvalue weighted by molar-refractivity contribution is 7.18. The lowest BCUT2D eigenvalue weighted by Crippen LogP contribution is -2.46. The van der Waals surface area contributed by atoms with Crippen LogP contribution in [0.1, 0.15) is 23.5 Å². The molecule has 0 radical (unpaired) electrons. The second-order valence-corrected chi connectivity index (χ2v) is 8.23. The topological polar surface area (TPSA) is 93.2 Å². The van der Waals surface area contributed by atoms with E-state index in [1.807, 2.05) is 43.5 Å². The zero-order valence-corrected chi connectivity index (χ0v) is 17.3. The van der Waals surface area contributed by atoms with Gasteiger partial charge in [0.05, 0.1) is 12.0 Å². The molecule has 146 valence electrons. The predicted molar refractivity (Wildman–Crippen MR) is 111 cm³/mol. The van der Waals surface area contributed by atoms with Crippen LogP contribution in [0.3, 0.4) is 0 Å². The van der Waals surface area contributed by atoms with Crippen molar-refractivity contribution in [2.75, 3.05) is 12.4 Å². The summed E-state index contributed by atoms with van der Waals surface area (Å²) in [5.74, 6) is 0.0376. The first-order valence-corrected chi connectivity index (χ1v) is 10.3. The quantitative estimate of drug-likeness (QED) is 0.613. The number of amides is 2. The van der Waals surface area contributed by atoms with E-state index in [9.17, 15) is 9.59 Å². The van der Waals surface area contributed by atoms with Crippen LogP contribution in [0.15, 0.2) is 41.8 Å². The van der Waals surface area contributed by atoms with E-state index in [-0.39, 0.29) is 17.7 Å². The van der Waals surface area contributed by atoms with Crippen LogP contribution in [0.2, 0.25) is 0 Å². The number of carbonyl (C=O) groups is 2. The van der Waals surface area contributed by atoms with Crippen LogP contribution in [0.5, 0.6) is 5.75 Å². The Balaban J connectivity index is 1.70. The Morgan fingerprint density at radius 1 is 1.14 bits per heavy atom. The van der Waals surface area contributed by atoms with Gasteiger partial charge in [-0.1, -0.05) is 43.4 Å². The van der Waals surface area contributed by atoms with Crippen LogP contribution in [0.25, 0.3) is 10.6 Å². The highest BCUT2D eigenvalue weighted by atomic mass is 32.1. The van der Waals surface area contributed by atoms with Gasteiger partial charge in [0.2, 0.25) is 11.0 Å². The van der Waals surface area contributed by atoms with E-state index in [2.05, 4.69) is 20.8 Å². The Morgan fingerprint density at radius 3 is 2.64 bits per heavy atom. The molecule has 0 fully saturated rings. The molecule has 0 aliphatic heterocycles. The minimum atomic E-state index is -0.682. The van der Waals surface area contributed by atoms with Gasteiger partial charge >= 0.3 is 0 Å². The maximum Gasteiger partial charge on any atom is 0.262 e. The van der Waals surface area contributed by atoms with Gasteiger partial charge in [0.15, 0.2) is 0 Å². The van der Waals surface area contributed by atoms with E-state index in [1.165, 1.54) is 22.7 Å². The number of thiophene rings is 1. The Morgan fingerprint density at radius 2 is 1.96 bits per heavy atom. The number of ether oxygens (including phenoxy) is 1. The van der Waals surface area contributed by atoms with Crippen molar-refractivity contribution in [2.24, 2.45) is 5.92 Å². The molecule has 0 aliphatic rings. The molecule has 0 bridgehead atoms. The zero-order valence-electron chi connectivity index (χ0n) is 15.6. The Hall–Kier alpha value is -2.78. The minimum absolute atomic E-state index is 0.0883. The summed E-state index contributed by atoms with van der Waals surface area (Å²) in [6.07, 6.45) is 0. The third-order valence-corrected chi connectivity index (χ3v) is 5.71. The first-order chi connectivity index (χ1) is 13.5. The summed E-state index contributed by atoms with van der Waals surface area (Å²) in [7, 11) is 1.60. The van der Waals surface area contributed by atoms with Crippen molar-refractivity contribution in [2.45, 2.75) is 19.9 Å². The molecule has 7 nitrogen and oxygen atoms in total. The minimum Gasteiger partial charge on any atom is -0.497 e. The average Bonchev–Trinajstić information content (AvgIpc) is 3.37. The number of anilines is 1. The molecule has 9 heteroatoms. The largest absolute Gasteiger partial charge is 0.497 e. The molecule has 28 heavy (non-hydrogen) atoms.